The smallest absolute Gasteiger partial charge is 0.244 e. The van der Waals surface area contributed by atoms with Crippen molar-refractivity contribution in [3.05, 3.63) is 83.0 Å². The Balaban J connectivity index is 1.59. The zero-order chi connectivity index (χ0) is 16.8. The van der Waals surface area contributed by atoms with Crippen LogP contribution in [0.2, 0.25) is 5.02 Å². The highest BCUT2D eigenvalue weighted by atomic mass is 35.5. The SMILES string of the molecule is O=C(/C=C/c1cccc2cccnc12)NCCc1cccc(Cl)c1. The number of para-hydroxylation sites is 1. The summed E-state index contributed by atoms with van der Waals surface area (Å²) < 4.78 is 0. The van der Waals surface area contributed by atoms with E-state index in [2.05, 4.69) is 10.3 Å². The van der Waals surface area contributed by atoms with Crippen LogP contribution in [0, 0.1) is 0 Å². The summed E-state index contributed by atoms with van der Waals surface area (Å²) in [7, 11) is 0. The van der Waals surface area contributed by atoms with E-state index in [9.17, 15) is 4.79 Å². The number of nitrogens with one attached hydrogen (secondary N) is 1. The minimum atomic E-state index is -0.120. The molecule has 0 saturated carbocycles. The van der Waals surface area contributed by atoms with Gasteiger partial charge in [0.2, 0.25) is 5.91 Å². The van der Waals surface area contributed by atoms with E-state index in [0.29, 0.717) is 11.6 Å². The van der Waals surface area contributed by atoms with Gasteiger partial charge in [0.15, 0.2) is 0 Å². The molecule has 1 aromatic heterocycles. The number of hydrogen-bond donors (Lipinski definition) is 1. The maximum Gasteiger partial charge on any atom is 0.244 e. The summed E-state index contributed by atoms with van der Waals surface area (Å²) >= 11 is 5.95. The van der Waals surface area contributed by atoms with Crippen molar-refractivity contribution < 1.29 is 4.79 Å². The Morgan fingerprint density at radius 2 is 1.96 bits per heavy atom. The summed E-state index contributed by atoms with van der Waals surface area (Å²) in [6, 6.07) is 17.5. The molecule has 0 fully saturated rings. The second-order valence-electron chi connectivity index (χ2n) is 5.43. The molecule has 3 rings (SSSR count). The van der Waals surface area contributed by atoms with Crippen LogP contribution in [0.4, 0.5) is 0 Å². The summed E-state index contributed by atoms with van der Waals surface area (Å²) in [6.07, 6.45) is 5.84. The lowest BCUT2D eigenvalue weighted by Gasteiger charge is -2.04. The van der Waals surface area contributed by atoms with Crippen LogP contribution in [-0.2, 0) is 11.2 Å². The van der Waals surface area contributed by atoms with E-state index in [1.54, 1.807) is 18.3 Å². The number of benzene rings is 2. The van der Waals surface area contributed by atoms with Crippen LogP contribution in [-0.4, -0.2) is 17.4 Å². The average molecular weight is 337 g/mol. The molecule has 4 heteroatoms. The zero-order valence-electron chi connectivity index (χ0n) is 13.1. The predicted octanol–water partition coefficient (Wildman–Crippen LogP) is 4.26. The Morgan fingerprint density at radius 3 is 2.83 bits per heavy atom. The summed E-state index contributed by atoms with van der Waals surface area (Å²) in [5.41, 5.74) is 2.92. The predicted molar refractivity (Wildman–Crippen MR) is 98.9 cm³/mol. The van der Waals surface area contributed by atoms with Gasteiger partial charge in [0.25, 0.3) is 0 Å². The summed E-state index contributed by atoms with van der Waals surface area (Å²) in [5.74, 6) is -0.120. The highest BCUT2D eigenvalue weighted by Crippen LogP contribution is 2.17. The Labute approximate surface area is 146 Å². The van der Waals surface area contributed by atoms with Gasteiger partial charge in [-0.2, -0.15) is 0 Å². The third-order valence-electron chi connectivity index (χ3n) is 3.68. The quantitative estimate of drug-likeness (QED) is 0.707. The number of amides is 1. The molecule has 0 spiro atoms. The first-order chi connectivity index (χ1) is 11.7. The van der Waals surface area contributed by atoms with Gasteiger partial charge in [-0.1, -0.05) is 48.0 Å². The fraction of sp³-hybridized carbons (Fsp3) is 0.100. The number of fused-ring (bicyclic) bond motifs is 1. The van der Waals surface area contributed by atoms with Crippen LogP contribution in [0.5, 0.6) is 0 Å². The third kappa shape index (κ3) is 4.21. The minimum absolute atomic E-state index is 0.120. The highest BCUT2D eigenvalue weighted by Gasteiger charge is 2.00. The fourth-order valence-electron chi connectivity index (χ4n) is 2.51. The molecular formula is C20H17ClN2O. The Kier molecular flexibility index (Phi) is 5.24. The van der Waals surface area contributed by atoms with Gasteiger partial charge < -0.3 is 5.32 Å². The van der Waals surface area contributed by atoms with E-state index in [0.717, 1.165) is 28.5 Å². The summed E-state index contributed by atoms with van der Waals surface area (Å²) in [5, 5.41) is 4.65. The van der Waals surface area contributed by atoms with Crippen molar-refractivity contribution in [3.8, 4) is 0 Å². The molecule has 0 aliphatic heterocycles. The summed E-state index contributed by atoms with van der Waals surface area (Å²) in [6.45, 7) is 0.567. The van der Waals surface area contributed by atoms with E-state index in [-0.39, 0.29) is 5.91 Å². The van der Waals surface area contributed by atoms with E-state index in [4.69, 9.17) is 11.6 Å². The third-order valence-corrected chi connectivity index (χ3v) is 3.92. The largest absolute Gasteiger partial charge is 0.352 e. The molecular weight excluding hydrogens is 320 g/mol. The molecule has 1 amide bonds. The van der Waals surface area contributed by atoms with E-state index in [1.165, 1.54) is 0 Å². The van der Waals surface area contributed by atoms with Gasteiger partial charge >= 0.3 is 0 Å². The van der Waals surface area contributed by atoms with Crippen LogP contribution in [0.25, 0.3) is 17.0 Å². The molecule has 0 bridgehead atoms. The normalized spacial score (nSPS) is 11.0. The number of nitrogens with zero attached hydrogens (tertiary/aromatic N) is 1. The number of pyridine rings is 1. The topological polar surface area (TPSA) is 42.0 Å². The van der Waals surface area contributed by atoms with Crippen LogP contribution in [0.15, 0.2) is 66.9 Å². The Hall–Kier alpha value is -2.65. The second kappa shape index (κ2) is 7.75. The van der Waals surface area contributed by atoms with Crippen molar-refractivity contribution in [2.45, 2.75) is 6.42 Å². The lowest BCUT2D eigenvalue weighted by atomic mass is 10.1. The van der Waals surface area contributed by atoms with E-state index >= 15 is 0 Å². The molecule has 1 N–H and O–H groups in total. The number of hydrogen-bond acceptors (Lipinski definition) is 2. The van der Waals surface area contributed by atoms with Gasteiger partial charge in [0.1, 0.15) is 0 Å². The molecule has 2 aromatic carbocycles. The van der Waals surface area contributed by atoms with Crippen molar-refractivity contribution in [2.24, 2.45) is 0 Å². The maximum absolute atomic E-state index is 12.0. The molecule has 3 aromatic rings. The molecule has 3 nitrogen and oxygen atoms in total. The lowest BCUT2D eigenvalue weighted by Crippen LogP contribution is -2.23. The Bertz CT molecular complexity index is 884. The first-order valence-electron chi connectivity index (χ1n) is 7.76. The van der Waals surface area contributed by atoms with Crippen molar-refractivity contribution in [2.75, 3.05) is 6.54 Å². The molecule has 0 aliphatic carbocycles. The van der Waals surface area contributed by atoms with Gasteiger partial charge in [-0.05, 0) is 36.3 Å². The van der Waals surface area contributed by atoms with E-state index in [1.807, 2.05) is 54.6 Å². The Morgan fingerprint density at radius 1 is 1.12 bits per heavy atom. The molecule has 1 heterocycles. The monoisotopic (exact) mass is 336 g/mol. The first kappa shape index (κ1) is 16.2. The van der Waals surface area contributed by atoms with Gasteiger partial charge in [-0.3, -0.25) is 9.78 Å². The average Bonchev–Trinajstić information content (AvgIpc) is 2.60. The van der Waals surface area contributed by atoms with E-state index < -0.39 is 0 Å². The summed E-state index contributed by atoms with van der Waals surface area (Å²) in [4.78, 5) is 16.3. The standard InChI is InChI=1S/C20H17ClN2O/c21-18-8-1-4-15(14-18)11-13-22-19(24)10-9-17-6-2-5-16-7-3-12-23-20(16)17/h1-10,12,14H,11,13H2,(H,22,24)/b10-9+. The number of carbonyl (C=O) groups is 1. The van der Waals surface area contributed by atoms with Crippen LogP contribution in [0.3, 0.4) is 0 Å². The van der Waals surface area contributed by atoms with Crippen molar-refractivity contribution in [3.63, 3.8) is 0 Å². The van der Waals surface area contributed by atoms with Gasteiger partial charge in [0, 0.05) is 34.8 Å². The maximum atomic E-state index is 12.0. The molecule has 0 atom stereocenters. The molecule has 0 radical (unpaired) electrons. The second-order valence-corrected chi connectivity index (χ2v) is 5.86. The van der Waals surface area contributed by atoms with Crippen LogP contribution >= 0.6 is 11.6 Å². The van der Waals surface area contributed by atoms with Gasteiger partial charge in [0.05, 0.1) is 5.52 Å². The number of carbonyl (C=O) groups excluding carboxylic acids is 1. The first-order valence-corrected chi connectivity index (χ1v) is 8.14. The van der Waals surface area contributed by atoms with Crippen molar-refractivity contribution >= 4 is 34.5 Å². The van der Waals surface area contributed by atoms with Crippen molar-refractivity contribution in [1.82, 2.24) is 10.3 Å². The van der Waals surface area contributed by atoms with Gasteiger partial charge in [-0.15, -0.1) is 0 Å². The molecule has 0 unspecified atom stereocenters. The number of rotatable bonds is 5. The van der Waals surface area contributed by atoms with Crippen molar-refractivity contribution in [1.29, 1.82) is 0 Å². The van der Waals surface area contributed by atoms with Crippen LogP contribution < -0.4 is 5.32 Å². The molecule has 0 saturated heterocycles. The number of halogens is 1. The zero-order valence-corrected chi connectivity index (χ0v) is 13.8. The van der Waals surface area contributed by atoms with Crippen LogP contribution in [0.1, 0.15) is 11.1 Å². The minimum Gasteiger partial charge on any atom is -0.352 e. The fourth-order valence-corrected chi connectivity index (χ4v) is 2.72. The molecule has 0 aliphatic rings. The molecule has 120 valence electrons. The highest BCUT2D eigenvalue weighted by molar-refractivity contribution is 6.30. The lowest BCUT2D eigenvalue weighted by molar-refractivity contribution is -0.116. The molecule has 24 heavy (non-hydrogen) atoms. The number of aromatic nitrogens is 1. The van der Waals surface area contributed by atoms with Gasteiger partial charge in [-0.25, -0.2) is 0 Å².